The van der Waals surface area contributed by atoms with Gasteiger partial charge in [0.2, 0.25) is 0 Å². The number of aromatic nitrogens is 2. The van der Waals surface area contributed by atoms with E-state index in [1.807, 2.05) is 6.92 Å². The lowest BCUT2D eigenvalue weighted by Gasteiger charge is -2.34. The van der Waals surface area contributed by atoms with E-state index in [0.29, 0.717) is 6.04 Å². The van der Waals surface area contributed by atoms with Gasteiger partial charge in [-0.1, -0.05) is 6.92 Å². The molecule has 4 nitrogen and oxygen atoms in total. The van der Waals surface area contributed by atoms with Gasteiger partial charge >= 0.3 is 0 Å². The summed E-state index contributed by atoms with van der Waals surface area (Å²) < 4.78 is 0. The number of anilines is 2. The zero-order valence-electron chi connectivity index (χ0n) is 11.7. The summed E-state index contributed by atoms with van der Waals surface area (Å²) in [6.07, 6.45) is 4.98. The Kier molecular flexibility index (Phi) is 4.39. The Morgan fingerprint density at radius 2 is 2.22 bits per heavy atom. The molecule has 0 bridgehead atoms. The smallest absolute Gasteiger partial charge is 0.134 e. The fraction of sp³-hybridized carbons (Fsp3) is 0.714. The van der Waals surface area contributed by atoms with Crippen molar-refractivity contribution in [3.63, 3.8) is 0 Å². The number of hydrogen-bond acceptors (Lipinski definition) is 4. The molecule has 18 heavy (non-hydrogen) atoms. The van der Waals surface area contributed by atoms with Crippen LogP contribution in [-0.4, -0.2) is 29.1 Å². The zero-order chi connectivity index (χ0) is 13.0. The van der Waals surface area contributed by atoms with Gasteiger partial charge in [0.1, 0.15) is 17.5 Å². The molecule has 1 saturated heterocycles. The first-order chi connectivity index (χ1) is 8.70. The number of nitrogens with one attached hydrogen (secondary N) is 1. The van der Waals surface area contributed by atoms with Crippen LogP contribution in [0.2, 0.25) is 0 Å². The Morgan fingerprint density at radius 3 is 2.94 bits per heavy atom. The quantitative estimate of drug-likeness (QED) is 0.889. The third kappa shape index (κ3) is 3.12. The van der Waals surface area contributed by atoms with E-state index in [4.69, 9.17) is 0 Å². The molecule has 1 unspecified atom stereocenters. The van der Waals surface area contributed by atoms with Crippen LogP contribution in [0.1, 0.15) is 45.4 Å². The Balaban J connectivity index is 2.18. The number of rotatable bonds is 4. The zero-order valence-corrected chi connectivity index (χ0v) is 11.7. The molecule has 1 aromatic rings. The van der Waals surface area contributed by atoms with Crippen LogP contribution < -0.4 is 10.2 Å². The summed E-state index contributed by atoms with van der Waals surface area (Å²) in [5, 5.41) is 3.35. The van der Waals surface area contributed by atoms with Crippen molar-refractivity contribution in [2.45, 2.75) is 52.5 Å². The lowest BCUT2D eigenvalue weighted by Crippen LogP contribution is -2.38. The molecule has 1 N–H and O–H groups in total. The predicted octanol–water partition coefficient (Wildman–Crippen LogP) is 2.99. The fourth-order valence-corrected chi connectivity index (χ4v) is 2.48. The van der Waals surface area contributed by atoms with Crippen molar-refractivity contribution in [1.29, 1.82) is 0 Å². The summed E-state index contributed by atoms with van der Waals surface area (Å²) in [5.41, 5.74) is 0. The topological polar surface area (TPSA) is 41.0 Å². The van der Waals surface area contributed by atoms with E-state index in [1.165, 1.54) is 19.3 Å². The van der Waals surface area contributed by atoms with E-state index in [1.54, 1.807) is 0 Å². The van der Waals surface area contributed by atoms with Gasteiger partial charge in [-0.05, 0) is 39.5 Å². The molecule has 0 aromatic carbocycles. The summed E-state index contributed by atoms with van der Waals surface area (Å²) in [6.45, 7) is 8.50. The molecule has 2 rings (SSSR count). The summed E-state index contributed by atoms with van der Waals surface area (Å²) >= 11 is 0. The molecule has 0 radical (unpaired) electrons. The van der Waals surface area contributed by atoms with E-state index < -0.39 is 0 Å². The maximum Gasteiger partial charge on any atom is 0.134 e. The lowest BCUT2D eigenvalue weighted by atomic mass is 10.0. The summed E-state index contributed by atoms with van der Waals surface area (Å²) in [4.78, 5) is 11.4. The summed E-state index contributed by atoms with van der Waals surface area (Å²) in [5.74, 6) is 2.88. The second-order valence-corrected chi connectivity index (χ2v) is 5.12. The number of piperidine rings is 1. The Bertz CT molecular complexity index is 391. The molecule has 1 aliphatic heterocycles. The Morgan fingerprint density at radius 1 is 1.39 bits per heavy atom. The first-order valence-electron chi connectivity index (χ1n) is 7.07. The molecule has 0 saturated carbocycles. The van der Waals surface area contributed by atoms with Crippen molar-refractivity contribution in [2.75, 3.05) is 23.3 Å². The summed E-state index contributed by atoms with van der Waals surface area (Å²) in [7, 11) is 0. The average Bonchev–Trinajstić information content (AvgIpc) is 2.36. The molecule has 1 atom stereocenters. The SMILES string of the molecule is CCCNc1cc(N2CCCCC2C)nc(C)n1. The minimum Gasteiger partial charge on any atom is -0.370 e. The van der Waals surface area contributed by atoms with Crippen LogP contribution in [0.25, 0.3) is 0 Å². The van der Waals surface area contributed by atoms with Crippen LogP contribution in [-0.2, 0) is 0 Å². The highest BCUT2D eigenvalue weighted by molar-refractivity contribution is 5.50. The van der Waals surface area contributed by atoms with Gasteiger partial charge in [-0.15, -0.1) is 0 Å². The van der Waals surface area contributed by atoms with Gasteiger partial charge in [-0.2, -0.15) is 0 Å². The molecule has 0 amide bonds. The van der Waals surface area contributed by atoms with Crippen LogP contribution in [0, 0.1) is 6.92 Å². The fourth-order valence-electron chi connectivity index (χ4n) is 2.48. The van der Waals surface area contributed by atoms with Crippen molar-refractivity contribution in [3.8, 4) is 0 Å². The minimum absolute atomic E-state index is 0.590. The molecule has 100 valence electrons. The van der Waals surface area contributed by atoms with E-state index in [0.717, 1.165) is 37.0 Å². The van der Waals surface area contributed by atoms with E-state index in [9.17, 15) is 0 Å². The highest BCUT2D eigenvalue weighted by Crippen LogP contribution is 2.24. The molecule has 1 aliphatic rings. The predicted molar refractivity (Wildman–Crippen MR) is 76.2 cm³/mol. The standard InChI is InChI=1S/C14H24N4/c1-4-8-15-13-10-14(17-12(3)16-13)18-9-6-5-7-11(18)2/h10-11H,4-9H2,1-3H3,(H,15,16,17). The van der Waals surface area contributed by atoms with Crippen molar-refractivity contribution in [1.82, 2.24) is 9.97 Å². The van der Waals surface area contributed by atoms with E-state index in [2.05, 4.69) is 40.1 Å². The van der Waals surface area contributed by atoms with Gasteiger partial charge < -0.3 is 10.2 Å². The highest BCUT2D eigenvalue weighted by atomic mass is 15.2. The van der Waals surface area contributed by atoms with E-state index >= 15 is 0 Å². The maximum absolute atomic E-state index is 4.59. The molecular weight excluding hydrogens is 224 g/mol. The van der Waals surface area contributed by atoms with Crippen molar-refractivity contribution < 1.29 is 0 Å². The molecule has 4 heteroatoms. The Hall–Kier alpha value is -1.32. The average molecular weight is 248 g/mol. The number of nitrogens with zero attached hydrogens (tertiary/aromatic N) is 3. The molecular formula is C14H24N4. The van der Waals surface area contributed by atoms with Gasteiger partial charge in [0.25, 0.3) is 0 Å². The third-order valence-electron chi connectivity index (χ3n) is 3.48. The maximum atomic E-state index is 4.59. The highest BCUT2D eigenvalue weighted by Gasteiger charge is 2.20. The van der Waals surface area contributed by atoms with Crippen molar-refractivity contribution in [2.24, 2.45) is 0 Å². The van der Waals surface area contributed by atoms with E-state index in [-0.39, 0.29) is 0 Å². The molecule has 2 heterocycles. The van der Waals surface area contributed by atoms with Gasteiger partial charge in [0, 0.05) is 25.2 Å². The minimum atomic E-state index is 0.590. The van der Waals surface area contributed by atoms with Crippen LogP contribution in [0.5, 0.6) is 0 Å². The van der Waals surface area contributed by atoms with Gasteiger partial charge in [0.05, 0.1) is 0 Å². The lowest BCUT2D eigenvalue weighted by molar-refractivity contribution is 0.480. The van der Waals surface area contributed by atoms with Gasteiger partial charge in [-0.3, -0.25) is 0 Å². The van der Waals surface area contributed by atoms with Crippen LogP contribution in [0.4, 0.5) is 11.6 Å². The number of hydrogen-bond donors (Lipinski definition) is 1. The first kappa shape index (κ1) is 13.1. The van der Waals surface area contributed by atoms with Gasteiger partial charge in [0.15, 0.2) is 0 Å². The second kappa shape index (κ2) is 6.03. The summed E-state index contributed by atoms with van der Waals surface area (Å²) in [6, 6.07) is 2.68. The van der Waals surface area contributed by atoms with Crippen LogP contribution in [0.3, 0.4) is 0 Å². The van der Waals surface area contributed by atoms with Crippen LogP contribution in [0.15, 0.2) is 6.07 Å². The largest absolute Gasteiger partial charge is 0.370 e. The van der Waals surface area contributed by atoms with Crippen molar-refractivity contribution >= 4 is 11.6 Å². The molecule has 1 fully saturated rings. The molecule has 1 aromatic heterocycles. The van der Waals surface area contributed by atoms with Crippen molar-refractivity contribution in [3.05, 3.63) is 11.9 Å². The van der Waals surface area contributed by atoms with Gasteiger partial charge in [-0.25, -0.2) is 9.97 Å². The molecule has 0 aliphatic carbocycles. The molecule has 0 spiro atoms. The third-order valence-corrected chi connectivity index (χ3v) is 3.48. The second-order valence-electron chi connectivity index (χ2n) is 5.12. The first-order valence-corrected chi connectivity index (χ1v) is 7.07. The number of aryl methyl sites for hydroxylation is 1. The van der Waals surface area contributed by atoms with Crippen LogP contribution >= 0.6 is 0 Å². The monoisotopic (exact) mass is 248 g/mol. The Labute approximate surface area is 110 Å². The normalized spacial score (nSPS) is 19.9.